The van der Waals surface area contributed by atoms with Gasteiger partial charge in [0.25, 0.3) is 0 Å². The Kier molecular flexibility index (Phi) is 5.16. The number of nitrogens with two attached hydrogens (primary N) is 1. The van der Waals surface area contributed by atoms with Gasteiger partial charge in [-0.25, -0.2) is 9.97 Å². The van der Waals surface area contributed by atoms with Gasteiger partial charge >= 0.3 is 6.18 Å². The van der Waals surface area contributed by atoms with Crippen molar-refractivity contribution in [1.29, 1.82) is 0 Å². The van der Waals surface area contributed by atoms with Gasteiger partial charge in [-0.2, -0.15) is 13.2 Å². The van der Waals surface area contributed by atoms with Crippen LogP contribution in [0.15, 0.2) is 30.5 Å². The molecule has 29 heavy (non-hydrogen) atoms. The highest BCUT2D eigenvalue weighted by Crippen LogP contribution is 2.36. The van der Waals surface area contributed by atoms with Gasteiger partial charge in [0.1, 0.15) is 17.3 Å². The van der Waals surface area contributed by atoms with E-state index in [0.29, 0.717) is 18.9 Å². The Morgan fingerprint density at radius 2 is 2.07 bits per heavy atom. The second-order valence-electron chi connectivity index (χ2n) is 7.60. The molecule has 3 N–H and O–H groups in total. The molecular weight excluding hydrogens is 383 g/mol. The van der Waals surface area contributed by atoms with E-state index in [-0.39, 0.29) is 17.4 Å². The molecule has 4 rings (SSSR count). The highest BCUT2D eigenvalue weighted by molar-refractivity contribution is 6.11. The van der Waals surface area contributed by atoms with E-state index in [1.54, 1.807) is 0 Å². The monoisotopic (exact) mass is 405 g/mol. The number of hydrogen-bond acceptors (Lipinski definition) is 6. The maximum absolute atomic E-state index is 13.5. The van der Waals surface area contributed by atoms with Crippen molar-refractivity contribution in [2.75, 3.05) is 30.3 Å². The predicted octanol–water partition coefficient (Wildman–Crippen LogP) is 2.89. The number of rotatable bonds is 5. The first-order valence-corrected chi connectivity index (χ1v) is 9.64. The van der Waals surface area contributed by atoms with Crippen LogP contribution in [0.5, 0.6) is 0 Å². The van der Waals surface area contributed by atoms with Crippen molar-refractivity contribution in [1.82, 2.24) is 15.3 Å². The first-order valence-electron chi connectivity index (χ1n) is 9.64. The summed E-state index contributed by atoms with van der Waals surface area (Å²) in [5, 5.41) is 3.46. The SMILES string of the molecule is Nc1ncccc1C(=O)c1nc(N2CCNC(CC3CC3)C2)ccc1C(F)(F)F. The quantitative estimate of drug-likeness (QED) is 0.745. The fourth-order valence-electron chi connectivity index (χ4n) is 3.71. The molecule has 1 unspecified atom stereocenters. The lowest BCUT2D eigenvalue weighted by Crippen LogP contribution is -2.51. The minimum Gasteiger partial charge on any atom is -0.383 e. The number of halogens is 3. The summed E-state index contributed by atoms with van der Waals surface area (Å²) in [5.41, 5.74) is 3.90. The smallest absolute Gasteiger partial charge is 0.383 e. The van der Waals surface area contributed by atoms with Crippen LogP contribution in [0.1, 0.15) is 40.9 Å². The molecule has 0 bridgehead atoms. The molecule has 1 atom stereocenters. The van der Waals surface area contributed by atoms with Crippen LogP contribution in [-0.2, 0) is 6.18 Å². The lowest BCUT2D eigenvalue weighted by Gasteiger charge is -2.35. The highest BCUT2D eigenvalue weighted by Gasteiger charge is 2.38. The number of anilines is 2. The Morgan fingerprint density at radius 1 is 1.28 bits per heavy atom. The summed E-state index contributed by atoms with van der Waals surface area (Å²) in [4.78, 5) is 22.8. The zero-order valence-corrected chi connectivity index (χ0v) is 15.7. The third-order valence-electron chi connectivity index (χ3n) is 5.38. The van der Waals surface area contributed by atoms with E-state index < -0.39 is 23.2 Å². The van der Waals surface area contributed by atoms with Crippen molar-refractivity contribution < 1.29 is 18.0 Å². The Balaban J connectivity index is 1.67. The lowest BCUT2D eigenvalue weighted by atomic mass is 10.0. The van der Waals surface area contributed by atoms with E-state index in [4.69, 9.17) is 5.73 Å². The molecule has 0 radical (unpaired) electrons. The summed E-state index contributed by atoms with van der Waals surface area (Å²) < 4.78 is 40.6. The number of carbonyl (C=O) groups is 1. The van der Waals surface area contributed by atoms with E-state index >= 15 is 0 Å². The van der Waals surface area contributed by atoms with Crippen molar-refractivity contribution in [2.24, 2.45) is 5.92 Å². The fraction of sp³-hybridized carbons (Fsp3) is 0.450. The molecule has 1 saturated heterocycles. The molecule has 0 spiro atoms. The average molecular weight is 405 g/mol. The van der Waals surface area contributed by atoms with E-state index in [0.717, 1.165) is 24.9 Å². The molecule has 6 nitrogen and oxygen atoms in total. The maximum Gasteiger partial charge on any atom is 0.418 e. The number of nitrogens with zero attached hydrogens (tertiary/aromatic N) is 3. The molecule has 1 aliphatic heterocycles. The molecular formula is C20H22F3N5O. The number of aromatic nitrogens is 2. The second-order valence-corrected chi connectivity index (χ2v) is 7.60. The number of nitrogen functional groups attached to an aromatic ring is 1. The Hall–Kier alpha value is -2.68. The summed E-state index contributed by atoms with van der Waals surface area (Å²) in [6.45, 7) is 1.98. The number of alkyl halides is 3. The predicted molar refractivity (Wildman–Crippen MR) is 103 cm³/mol. The first kappa shape index (κ1) is 19.6. The van der Waals surface area contributed by atoms with Crippen LogP contribution in [0.3, 0.4) is 0 Å². The van der Waals surface area contributed by atoms with Gasteiger partial charge in [0, 0.05) is 31.9 Å². The van der Waals surface area contributed by atoms with Gasteiger partial charge in [-0.1, -0.05) is 12.8 Å². The molecule has 0 aromatic carbocycles. The van der Waals surface area contributed by atoms with Gasteiger partial charge in [0.05, 0.1) is 11.1 Å². The van der Waals surface area contributed by atoms with Crippen molar-refractivity contribution in [3.05, 3.63) is 47.3 Å². The summed E-state index contributed by atoms with van der Waals surface area (Å²) >= 11 is 0. The Labute approximate surface area is 166 Å². The summed E-state index contributed by atoms with van der Waals surface area (Å²) in [6.07, 6.45) is 0.200. The maximum atomic E-state index is 13.5. The van der Waals surface area contributed by atoms with Crippen LogP contribution < -0.4 is 16.0 Å². The molecule has 2 aliphatic rings. The minimum atomic E-state index is -4.70. The van der Waals surface area contributed by atoms with Crippen LogP contribution in [0.4, 0.5) is 24.8 Å². The van der Waals surface area contributed by atoms with Gasteiger partial charge in [-0.05, 0) is 36.6 Å². The lowest BCUT2D eigenvalue weighted by molar-refractivity contribution is -0.138. The van der Waals surface area contributed by atoms with Gasteiger partial charge in [0.2, 0.25) is 5.78 Å². The third-order valence-corrected chi connectivity index (χ3v) is 5.38. The first-order chi connectivity index (χ1) is 13.8. The summed E-state index contributed by atoms with van der Waals surface area (Å²) in [7, 11) is 0. The Bertz CT molecular complexity index is 913. The standard InChI is InChI=1S/C20H22F3N5O/c21-20(22,23)15-5-6-16(28-9-8-25-13(11-28)10-12-3-4-12)27-17(15)18(29)14-2-1-7-26-19(14)24/h1-2,5-7,12-13,25H,3-4,8-11H2,(H2,24,26). The van der Waals surface area contributed by atoms with Crippen molar-refractivity contribution in [3.8, 4) is 0 Å². The summed E-state index contributed by atoms with van der Waals surface area (Å²) in [6, 6.07) is 5.36. The van der Waals surface area contributed by atoms with Crippen molar-refractivity contribution >= 4 is 17.4 Å². The number of nitrogens with one attached hydrogen (secondary N) is 1. The molecule has 1 aliphatic carbocycles. The number of piperazine rings is 1. The largest absolute Gasteiger partial charge is 0.418 e. The number of hydrogen-bond donors (Lipinski definition) is 2. The van der Waals surface area contributed by atoms with Gasteiger partial charge in [-0.15, -0.1) is 0 Å². The van der Waals surface area contributed by atoms with Gasteiger partial charge in [0.15, 0.2) is 0 Å². The van der Waals surface area contributed by atoms with Gasteiger partial charge in [-0.3, -0.25) is 4.79 Å². The molecule has 154 valence electrons. The highest BCUT2D eigenvalue weighted by atomic mass is 19.4. The van der Waals surface area contributed by atoms with E-state index in [2.05, 4.69) is 15.3 Å². The van der Waals surface area contributed by atoms with E-state index in [9.17, 15) is 18.0 Å². The topological polar surface area (TPSA) is 84.1 Å². The molecule has 0 amide bonds. The molecule has 3 heterocycles. The van der Waals surface area contributed by atoms with Crippen LogP contribution in [0.2, 0.25) is 0 Å². The average Bonchev–Trinajstić information content (AvgIpc) is 3.51. The number of pyridine rings is 2. The third kappa shape index (κ3) is 4.34. The van der Waals surface area contributed by atoms with Crippen molar-refractivity contribution in [2.45, 2.75) is 31.5 Å². The number of ketones is 1. The molecule has 2 fully saturated rings. The zero-order valence-electron chi connectivity index (χ0n) is 15.7. The molecule has 1 saturated carbocycles. The minimum absolute atomic E-state index is 0.0884. The second kappa shape index (κ2) is 7.62. The molecule has 2 aromatic rings. The zero-order chi connectivity index (χ0) is 20.6. The van der Waals surface area contributed by atoms with Gasteiger partial charge < -0.3 is 16.0 Å². The summed E-state index contributed by atoms with van der Waals surface area (Å²) in [5.74, 6) is 0.101. The van der Waals surface area contributed by atoms with Crippen molar-refractivity contribution in [3.63, 3.8) is 0 Å². The molecule has 9 heteroatoms. The normalized spacial score (nSPS) is 20.0. The fourth-order valence-corrected chi connectivity index (χ4v) is 3.71. The number of carbonyl (C=O) groups excluding carboxylic acids is 1. The molecule has 2 aromatic heterocycles. The van der Waals surface area contributed by atoms with Crippen LogP contribution in [-0.4, -0.2) is 41.4 Å². The van der Waals surface area contributed by atoms with Crippen LogP contribution in [0.25, 0.3) is 0 Å². The Morgan fingerprint density at radius 3 is 2.76 bits per heavy atom. The van der Waals surface area contributed by atoms with E-state index in [1.165, 1.54) is 37.2 Å². The van der Waals surface area contributed by atoms with Crippen LogP contribution in [0, 0.1) is 5.92 Å². The van der Waals surface area contributed by atoms with Crippen LogP contribution >= 0.6 is 0 Å². The van der Waals surface area contributed by atoms with E-state index in [1.807, 2.05) is 4.90 Å².